The van der Waals surface area contributed by atoms with Gasteiger partial charge in [-0.2, -0.15) is 0 Å². The molecule has 41 heavy (non-hydrogen) atoms. The van der Waals surface area contributed by atoms with Gasteiger partial charge in [0.25, 0.3) is 0 Å². The summed E-state index contributed by atoms with van der Waals surface area (Å²) in [5, 5.41) is 22.5. The molecule has 1 spiro atoms. The highest BCUT2D eigenvalue weighted by atomic mass is 35.5. The van der Waals surface area contributed by atoms with E-state index in [0.29, 0.717) is 30.4 Å². The van der Waals surface area contributed by atoms with Crippen LogP contribution in [0.25, 0.3) is 0 Å². The average Bonchev–Trinajstić information content (AvgIpc) is 3.10. The van der Waals surface area contributed by atoms with Gasteiger partial charge in [-0.3, -0.25) is 0 Å². The minimum atomic E-state index is -1.94. The zero-order chi connectivity index (χ0) is 28.6. The fourth-order valence-electron chi connectivity index (χ4n) is 7.73. The van der Waals surface area contributed by atoms with Crippen molar-refractivity contribution in [3.8, 4) is 5.75 Å². The smallest absolute Gasteiger partial charge is 0.340 e. The standard InChI is InChI=1S/C34H42ClNO5/c1-40-30-9-5-3-2-4-6-17-34(39,32(37)38)25-11-15-31-29(19-25)36(20-24-10-13-27(24)30)21-33(22-41-31)16-7-8-23-18-26(35)12-14-28(23)33/h5,9,11-12,14-15,18-19,24,27,30,39H,2-4,6-8,10,13,16-17,20-22H2,1H3,(H,37,38)/b9-5+/t24-,27+,30-,33-,34+/m0/s1. The fraction of sp³-hybridized carbons (Fsp3) is 0.559. The predicted octanol–water partition coefficient (Wildman–Crippen LogP) is 6.65. The molecule has 6 rings (SSSR count). The number of aryl methyl sites for hydroxylation is 1. The normalized spacial score (nSPS) is 32.6. The average molecular weight is 580 g/mol. The second-order valence-corrected chi connectivity index (χ2v) is 13.1. The van der Waals surface area contributed by atoms with E-state index in [-0.39, 0.29) is 17.9 Å². The molecule has 2 heterocycles. The van der Waals surface area contributed by atoms with Crippen LogP contribution in [0.15, 0.2) is 48.6 Å². The highest BCUT2D eigenvalue weighted by molar-refractivity contribution is 6.30. The summed E-state index contributed by atoms with van der Waals surface area (Å²) in [7, 11) is 1.82. The number of anilines is 1. The Kier molecular flexibility index (Phi) is 8.10. The number of carboxylic acid groups (broad SMARTS) is 1. The minimum Gasteiger partial charge on any atom is -0.490 e. The number of rotatable bonds is 2. The molecule has 5 atom stereocenters. The lowest BCUT2D eigenvalue weighted by molar-refractivity contribution is -0.160. The minimum absolute atomic E-state index is 0.0966. The molecule has 0 saturated heterocycles. The summed E-state index contributed by atoms with van der Waals surface area (Å²) in [6.45, 7) is 2.14. The summed E-state index contributed by atoms with van der Waals surface area (Å²) >= 11 is 6.41. The number of fused-ring (bicyclic) bond motifs is 4. The Balaban J connectivity index is 1.44. The topological polar surface area (TPSA) is 79.2 Å². The number of ether oxygens (including phenoxy) is 2. The van der Waals surface area contributed by atoms with E-state index in [1.165, 1.54) is 11.1 Å². The Hall–Kier alpha value is -2.54. The van der Waals surface area contributed by atoms with Crippen molar-refractivity contribution in [2.75, 3.05) is 31.7 Å². The molecule has 4 aliphatic rings. The molecule has 2 aliphatic heterocycles. The van der Waals surface area contributed by atoms with E-state index in [0.717, 1.165) is 80.9 Å². The molecule has 220 valence electrons. The highest BCUT2D eigenvalue weighted by Gasteiger charge is 2.45. The van der Waals surface area contributed by atoms with Crippen LogP contribution in [-0.2, 0) is 27.0 Å². The zero-order valence-corrected chi connectivity index (χ0v) is 24.7. The van der Waals surface area contributed by atoms with Crippen molar-refractivity contribution in [2.24, 2.45) is 11.8 Å². The number of benzene rings is 2. The fourth-order valence-corrected chi connectivity index (χ4v) is 7.92. The predicted molar refractivity (Wildman–Crippen MR) is 161 cm³/mol. The molecule has 2 aromatic rings. The van der Waals surface area contributed by atoms with E-state index >= 15 is 0 Å². The molecular formula is C34H42ClNO5. The van der Waals surface area contributed by atoms with Crippen molar-refractivity contribution < 1.29 is 24.5 Å². The summed E-state index contributed by atoms with van der Waals surface area (Å²) in [6.07, 6.45) is 13.4. The summed E-state index contributed by atoms with van der Waals surface area (Å²) in [6, 6.07) is 11.8. The van der Waals surface area contributed by atoms with Gasteiger partial charge < -0.3 is 24.6 Å². The molecule has 0 amide bonds. The quantitative estimate of drug-likeness (QED) is 0.388. The van der Waals surface area contributed by atoms with Crippen molar-refractivity contribution in [2.45, 2.75) is 81.3 Å². The maximum atomic E-state index is 12.5. The molecule has 0 radical (unpaired) electrons. The third-order valence-electron chi connectivity index (χ3n) is 10.2. The Morgan fingerprint density at radius 3 is 2.76 bits per heavy atom. The lowest BCUT2D eigenvalue weighted by atomic mass is 9.68. The van der Waals surface area contributed by atoms with Gasteiger partial charge >= 0.3 is 5.97 Å². The molecule has 0 unspecified atom stereocenters. The SMILES string of the molecule is CO[C@H]1/C=C/CCCCC[C@](O)(C(=O)O)c2ccc3c(c2)N(C[C@@H]2CC[C@H]21)C[C@@]1(CCCc2cc(Cl)ccc21)CO3. The van der Waals surface area contributed by atoms with Crippen molar-refractivity contribution in [3.63, 3.8) is 0 Å². The third-order valence-corrected chi connectivity index (χ3v) is 10.5. The number of methoxy groups -OCH3 is 1. The number of hydrogen-bond donors (Lipinski definition) is 2. The molecule has 2 bridgehead atoms. The maximum absolute atomic E-state index is 12.5. The van der Waals surface area contributed by atoms with E-state index in [1.54, 1.807) is 6.07 Å². The first kappa shape index (κ1) is 28.6. The van der Waals surface area contributed by atoms with E-state index in [4.69, 9.17) is 21.1 Å². The van der Waals surface area contributed by atoms with Gasteiger partial charge in [-0.15, -0.1) is 0 Å². The summed E-state index contributed by atoms with van der Waals surface area (Å²) < 4.78 is 12.6. The molecule has 2 aliphatic carbocycles. The van der Waals surface area contributed by atoms with Crippen molar-refractivity contribution in [1.29, 1.82) is 0 Å². The number of nitrogens with zero attached hydrogens (tertiary/aromatic N) is 1. The van der Waals surface area contributed by atoms with Crippen LogP contribution >= 0.6 is 11.6 Å². The van der Waals surface area contributed by atoms with Crippen molar-refractivity contribution >= 4 is 23.3 Å². The second kappa shape index (κ2) is 11.6. The molecule has 6 nitrogen and oxygen atoms in total. The van der Waals surface area contributed by atoms with Crippen LogP contribution in [0, 0.1) is 11.8 Å². The van der Waals surface area contributed by atoms with Gasteiger partial charge in [-0.25, -0.2) is 4.79 Å². The Morgan fingerprint density at radius 1 is 1.10 bits per heavy atom. The molecule has 2 N–H and O–H groups in total. The molecular weight excluding hydrogens is 538 g/mol. The van der Waals surface area contributed by atoms with Crippen molar-refractivity contribution in [3.05, 3.63) is 70.3 Å². The van der Waals surface area contributed by atoms with Crippen LogP contribution in [-0.4, -0.2) is 49.1 Å². The maximum Gasteiger partial charge on any atom is 0.340 e. The van der Waals surface area contributed by atoms with Crippen LogP contribution in [0.5, 0.6) is 5.75 Å². The van der Waals surface area contributed by atoms with Gasteiger partial charge in [0, 0.05) is 30.6 Å². The van der Waals surface area contributed by atoms with Gasteiger partial charge in [0.1, 0.15) is 5.75 Å². The first-order valence-electron chi connectivity index (χ1n) is 15.3. The van der Waals surface area contributed by atoms with Gasteiger partial charge in [-0.1, -0.05) is 42.3 Å². The van der Waals surface area contributed by atoms with Gasteiger partial charge in [0.2, 0.25) is 0 Å². The Morgan fingerprint density at radius 2 is 1.98 bits per heavy atom. The van der Waals surface area contributed by atoms with Gasteiger partial charge in [0.05, 0.1) is 18.4 Å². The summed E-state index contributed by atoms with van der Waals surface area (Å²) in [5.41, 5.74) is 1.75. The molecule has 7 heteroatoms. The van der Waals surface area contributed by atoms with Crippen molar-refractivity contribution in [1.82, 2.24) is 0 Å². The van der Waals surface area contributed by atoms with Gasteiger partial charge in [-0.05, 0) is 111 Å². The number of hydrogen-bond acceptors (Lipinski definition) is 5. The van der Waals surface area contributed by atoms with E-state index < -0.39 is 11.6 Å². The summed E-state index contributed by atoms with van der Waals surface area (Å²) in [4.78, 5) is 14.9. The number of aliphatic hydroxyl groups is 1. The van der Waals surface area contributed by atoms with Crippen LogP contribution < -0.4 is 9.64 Å². The van der Waals surface area contributed by atoms with E-state index in [2.05, 4.69) is 29.2 Å². The monoisotopic (exact) mass is 579 g/mol. The number of allylic oxidation sites excluding steroid dienone is 1. The lowest BCUT2D eigenvalue weighted by Gasteiger charge is -2.46. The molecule has 1 saturated carbocycles. The van der Waals surface area contributed by atoms with Crippen LogP contribution in [0.4, 0.5) is 5.69 Å². The number of carboxylic acids is 1. The Labute approximate surface area is 248 Å². The first-order chi connectivity index (χ1) is 19.8. The zero-order valence-electron chi connectivity index (χ0n) is 24.0. The first-order valence-corrected chi connectivity index (χ1v) is 15.7. The summed E-state index contributed by atoms with van der Waals surface area (Å²) in [5.74, 6) is 0.427. The Bertz CT molecular complexity index is 1310. The van der Waals surface area contributed by atoms with Gasteiger partial charge in [0.15, 0.2) is 5.60 Å². The van der Waals surface area contributed by atoms with Crippen LogP contribution in [0.2, 0.25) is 5.02 Å². The second-order valence-electron chi connectivity index (χ2n) is 12.7. The van der Waals surface area contributed by atoms with E-state index in [1.807, 2.05) is 25.3 Å². The number of halogens is 1. The van der Waals surface area contributed by atoms with E-state index in [9.17, 15) is 15.0 Å². The third kappa shape index (κ3) is 5.39. The number of carbonyl (C=O) groups is 1. The largest absolute Gasteiger partial charge is 0.490 e. The highest BCUT2D eigenvalue weighted by Crippen LogP contribution is 2.47. The van der Waals surface area contributed by atoms with Crippen LogP contribution in [0.3, 0.4) is 0 Å². The number of aliphatic carboxylic acids is 1. The molecule has 1 fully saturated rings. The molecule has 0 aromatic heterocycles. The molecule has 2 aromatic carbocycles. The lowest BCUT2D eigenvalue weighted by Crippen LogP contribution is -2.49. The van der Waals surface area contributed by atoms with Crippen LogP contribution in [0.1, 0.15) is 74.5 Å².